The average Bonchev–Trinajstić information content (AvgIpc) is 3.02. The number of piperazine rings is 3. The molecule has 4 aliphatic heterocycles. The van der Waals surface area contributed by atoms with Crippen LogP contribution in [0.15, 0.2) is 18.2 Å². The summed E-state index contributed by atoms with van der Waals surface area (Å²) in [5, 5.41) is 5.80. The largest absolute Gasteiger partial charge is 0.454 e. The molecular weight excluding hydrogens is 284 g/mol. The second-order valence-corrected chi connectivity index (χ2v) is 5.89. The van der Waals surface area contributed by atoms with E-state index in [9.17, 15) is 4.79 Å². The molecule has 0 aromatic heterocycles. The molecule has 118 valence electrons. The number of benzene rings is 1. The van der Waals surface area contributed by atoms with Crippen LogP contribution in [-0.2, 0) is 0 Å². The third kappa shape index (κ3) is 2.69. The zero-order valence-electron chi connectivity index (χ0n) is 12.4. The first-order valence-electron chi connectivity index (χ1n) is 7.69. The van der Waals surface area contributed by atoms with Gasteiger partial charge < -0.3 is 20.1 Å². The number of hydrogen-bond acceptors (Lipinski definition) is 5. The summed E-state index contributed by atoms with van der Waals surface area (Å²) in [7, 11) is 0. The van der Waals surface area contributed by atoms with Crippen LogP contribution in [0.25, 0.3) is 0 Å². The Bertz CT molecular complexity index is 572. The number of rotatable bonds is 3. The Balaban J connectivity index is 1.29. The van der Waals surface area contributed by atoms with Crippen molar-refractivity contribution in [2.45, 2.75) is 6.04 Å². The van der Waals surface area contributed by atoms with E-state index >= 15 is 0 Å². The number of amides is 2. The number of urea groups is 1. The fourth-order valence-electron chi connectivity index (χ4n) is 3.28. The first-order valence-corrected chi connectivity index (χ1v) is 7.69. The van der Waals surface area contributed by atoms with Gasteiger partial charge in [0.2, 0.25) is 6.79 Å². The highest BCUT2D eigenvalue weighted by molar-refractivity contribution is 5.89. The van der Waals surface area contributed by atoms with Crippen molar-refractivity contribution in [1.29, 1.82) is 0 Å². The molecule has 7 heteroatoms. The number of nitrogens with zero attached hydrogens (tertiary/aromatic N) is 2. The van der Waals surface area contributed by atoms with Gasteiger partial charge >= 0.3 is 6.03 Å². The van der Waals surface area contributed by atoms with Gasteiger partial charge in [0.05, 0.1) is 0 Å². The van der Waals surface area contributed by atoms with Crippen molar-refractivity contribution in [2.75, 3.05) is 51.4 Å². The summed E-state index contributed by atoms with van der Waals surface area (Å²) in [5.74, 6) is 1.38. The standard InChI is InChI=1S/C15H20N4O3/c20-15(16-8-12-9-18-3-5-19(12)6-4-18)17-11-1-2-13-14(7-11)22-10-21-13/h1-2,7,12H,3-6,8-10H2,(H2,16,17,20). The Kier molecular flexibility index (Phi) is 3.51. The van der Waals surface area contributed by atoms with Crippen LogP contribution in [-0.4, -0.2) is 67.9 Å². The quantitative estimate of drug-likeness (QED) is 0.853. The summed E-state index contributed by atoms with van der Waals surface area (Å²) in [6.45, 7) is 6.47. The number of carbonyl (C=O) groups is 1. The minimum atomic E-state index is -0.184. The van der Waals surface area contributed by atoms with Crippen LogP contribution in [0.1, 0.15) is 0 Å². The molecule has 22 heavy (non-hydrogen) atoms. The normalized spacial score (nSPS) is 28.5. The van der Waals surface area contributed by atoms with E-state index in [-0.39, 0.29) is 12.8 Å². The zero-order chi connectivity index (χ0) is 14.9. The second-order valence-electron chi connectivity index (χ2n) is 5.89. The maximum atomic E-state index is 12.0. The Morgan fingerprint density at radius 3 is 2.77 bits per heavy atom. The molecule has 2 N–H and O–H groups in total. The molecule has 4 aliphatic rings. The SMILES string of the molecule is O=C(NCC1CN2CCN1CC2)Nc1ccc2c(c1)OCO2. The molecule has 2 bridgehead atoms. The van der Waals surface area contributed by atoms with E-state index < -0.39 is 0 Å². The first-order chi connectivity index (χ1) is 10.8. The van der Waals surface area contributed by atoms with E-state index in [4.69, 9.17) is 9.47 Å². The molecule has 0 radical (unpaired) electrons. The fraction of sp³-hybridized carbons (Fsp3) is 0.533. The lowest BCUT2D eigenvalue weighted by atomic mass is 10.1. The van der Waals surface area contributed by atoms with Crippen LogP contribution >= 0.6 is 0 Å². The monoisotopic (exact) mass is 304 g/mol. The Morgan fingerprint density at radius 2 is 2.00 bits per heavy atom. The molecule has 0 spiro atoms. The minimum absolute atomic E-state index is 0.184. The first kappa shape index (κ1) is 13.7. The molecule has 3 saturated heterocycles. The van der Waals surface area contributed by atoms with Crippen molar-refractivity contribution in [3.8, 4) is 11.5 Å². The van der Waals surface area contributed by atoms with E-state index in [0.29, 0.717) is 29.8 Å². The summed E-state index contributed by atoms with van der Waals surface area (Å²) >= 11 is 0. The smallest absolute Gasteiger partial charge is 0.319 e. The molecule has 2 amide bonds. The molecule has 0 saturated carbocycles. The second kappa shape index (κ2) is 5.66. The van der Waals surface area contributed by atoms with Crippen LogP contribution in [0.4, 0.5) is 10.5 Å². The van der Waals surface area contributed by atoms with E-state index in [1.807, 2.05) is 6.07 Å². The molecule has 4 heterocycles. The summed E-state index contributed by atoms with van der Waals surface area (Å²) in [6, 6.07) is 5.63. The highest BCUT2D eigenvalue weighted by Crippen LogP contribution is 2.34. The van der Waals surface area contributed by atoms with Gasteiger partial charge in [0, 0.05) is 57.1 Å². The lowest BCUT2D eigenvalue weighted by Crippen LogP contribution is -2.63. The van der Waals surface area contributed by atoms with Crippen molar-refractivity contribution >= 4 is 11.7 Å². The summed E-state index contributed by atoms with van der Waals surface area (Å²) in [5.41, 5.74) is 0.705. The van der Waals surface area contributed by atoms with Gasteiger partial charge in [-0.3, -0.25) is 9.80 Å². The minimum Gasteiger partial charge on any atom is -0.454 e. The maximum Gasteiger partial charge on any atom is 0.319 e. The fourth-order valence-corrected chi connectivity index (χ4v) is 3.28. The Morgan fingerprint density at radius 1 is 1.18 bits per heavy atom. The Labute approximate surface area is 129 Å². The topological polar surface area (TPSA) is 66.1 Å². The summed E-state index contributed by atoms with van der Waals surface area (Å²) in [4.78, 5) is 17.0. The van der Waals surface area contributed by atoms with Gasteiger partial charge in [-0.25, -0.2) is 4.79 Å². The molecule has 1 unspecified atom stereocenters. The molecule has 1 aromatic rings. The lowest BCUT2D eigenvalue weighted by molar-refractivity contribution is 0.0149. The molecule has 0 aliphatic carbocycles. The third-order valence-electron chi connectivity index (χ3n) is 4.52. The number of fused-ring (bicyclic) bond motifs is 4. The van der Waals surface area contributed by atoms with Gasteiger partial charge in [0.25, 0.3) is 0 Å². The molecule has 1 aromatic carbocycles. The van der Waals surface area contributed by atoms with Crippen LogP contribution in [0.5, 0.6) is 11.5 Å². The number of ether oxygens (including phenoxy) is 2. The molecule has 1 atom stereocenters. The molecule has 3 fully saturated rings. The van der Waals surface area contributed by atoms with Gasteiger partial charge in [-0.2, -0.15) is 0 Å². The number of nitrogens with one attached hydrogen (secondary N) is 2. The van der Waals surface area contributed by atoms with Crippen LogP contribution in [0.2, 0.25) is 0 Å². The molecular formula is C15H20N4O3. The van der Waals surface area contributed by atoms with Crippen molar-refractivity contribution in [1.82, 2.24) is 15.1 Å². The van der Waals surface area contributed by atoms with E-state index in [2.05, 4.69) is 20.4 Å². The van der Waals surface area contributed by atoms with Crippen molar-refractivity contribution in [2.24, 2.45) is 0 Å². The van der Waals surface area contributed by atoms with Crippen LogP contribution in [0, 0.1) is 0 Å². The third-order valence-corrected chi connectivity index (χ3v) is 4.52. The predicted octanol–water partition coefficient (Wildman–Crippen LogP) is 0.537. The lowest BCUT2D eigenvalue weighted by Gasteiger charge is -2.47. The van der Waals surface area contributed by atoms with Crippen LogP contribution in [0.3, 0.4) is 0 Å². The van der Waals surface area contributed by atoms with E-state index in [0.717, 1.165) is 32.7 Å². The van der Waals surface area contributed by atoms with Crippen molar-refractivity contribution in [3.63, 3.8) is 0 Å². The maximum absolute atomic E-state index is 12.0. The van der Waals surface area contributed by atoms with Gasteiger partial charge in [0.1, 0.15) is 0 Å². The Hall–Kier alpha value is -1.99. The van der Waals surface area contributed by atoms with E-state index in [1.165, 1.54) is 0 Å². The average molecular weight is 304 g/mol. The highest BCUT2D eigenvalue weighted by Gasteiger charge is 2.31. The van der Waals surface area contributed by atoms with Crippen molar-refractivity contribution in [3.05, 3.63) is 18.2 Å². The summed E-state index contributed by atoms with van der Waals surface area (Å²) in [6.07, 6.45) is 0. The van der Waals surface area contributed by atoms with E-state index in [1.54, 1.807) is 12.1 Å². The van der Waals surface area contributed by atoms with Gasteiger partial charge in [-0.1, -0.05) is 0 Å². The molecule has 5 rings (SSSR count). The number of hydrogen-bond donors (Lipinski definition) is 2. The number of carbonyl (C=O) groups excluding carboxylic acids is 1. The van der Waals surface area contributed by atoms with Crippen molar-refractivity contribution < 1.29 is 14.3 Å². The predicted molar refractivity (Wildman–Crippen MR) is 81.4 cm³/mol. The van der Waals surface area contributed by atoms with Gasteiger partial charge in [0.15, 0.2) is 11.5 Å². The highest BCUT2D eigenvalue weighted by atomic mass is 16.7. The van der Waals surface area contributed by atoms with Crippen LogP contribution < -0.4 is 20.1 Å². The summed E-state index contributed by atoms with van der Waals surface area (Å²) < 4.78 is 10.6. The zero-order valence-corrected chi connectivity index (χ0v) is 12.4. The molecule has 7 nitrogen and oxygen atoms in total. The number of anilines is 1. The van der Waals surface area contributed by atoms with Gasteiger partial charge in [-0.15, -0.1) is 0 Å². The van der Waals surface area contributed by atoms with Gasteiger partial charge in [-0.05, 0) is 12.1 Å².